The SMILES string of the molecule is Cc1ccc(CN(C)C(=O)C2=C(C=O)CCC=C2)cc1C(=O)O. The molecule has 2 rings (SSSR count). The van der Waals surface area contributed by atoms with Gasteiger partial charge in [-0.3, -0.25) is 9.59 Å². The smallest absolute Gasteiger partial charge is 0.335 e. The van der Waals surface area contributed by atoms with E-state index in [1.807, 2.05) is 6.08 Å². The second-order valence-corrected chi connectivity index (χ2v) is 5.61. The number of carboxylic acid groups (broad SMARTS) is 1. The number of allylic oxidation sites excluding steroid dienone is 2. The van der Waals surface area contributed by atoms with Gasteiger partial charge in [0.05, 0.1) is 5.56 Å². The maximum absolute atomic E-state index is 12.5. The number of hydrogen-bond donors (Lipinski definition) is 1. The van der Waals surface area contributed by atoms with Crippen molar-refractivity contribution in [3.05, 3.63) is 58.2 Å². The molecule has 0 saturated heterocycles. The predicted molar refractivity (Wildman–Crippen MR) is 86.1 cm³/mol. The fourth-order valence-electron chi connectivity index (χ4n) is 2.56. The van der Waals surface area contributed by atoms with Gasteiger partial charge in [-0.1, -0.05) is 24.3 Å². The first-order valence-corrected chi connectivity index (χ1v) is 7.37. The molecule has 0 heterocycles. The van der Waals surface area contributed by atoms with Crippen LogP contribution >= 0.6 is 0 Å². The maximum Gasteiger partial charge on any atom is 0.335 e. The first-order valence-electron chi connectivity index (χ1n) is 7.37. The highest BCUT2D eigenvalue weighted by molar-refractivity contribution is 6.01. The van der Waals surface area contributed by atoms with Crippen molar-refractivity contribution in [3.8, 4) is 0 Å². The number of carbonyl (C=O) groups is 3. The molecule has 23 heavy (non-hydrogen) atoms. The van der Waals surface area contributed by atoms with E-state index in [-0.39, 0.29) is 18.0 Å². The minimum Gasteiger partial charge on any atom is -0.478 e. The van der Waals surface area contributed by atoms with Crippen molar-refractivity contribution >= 4 is 18.2 Å². The summed E-state index contributed by atoms with van der Waals surface area (Å²) >= 11 is 0. The van der Waals surface area contributed by atoms with Gasteiger partial charge >= 0.3 is 5.97 Å². The molecular formula is C18H19NO4. The van der Waals surface area contributed by atoms with Gasteiger partial charge in [-0.05, 0) is 37.0 Å². The molecule has 1 aromatic carbocycles. The van der Waals surface area contributed by atoms with Crippen LogP contribution in [-0.2, 0) is 16.1 Å². The normalized spacial score (nSPS) is 13.8. The largest absolute Gasteiger partial charge is 0.478 e. The third-order valence-corrected chi connectivity index (χ3v) is 3.88. The Hall–Kier alpha value is -2.69. The summed E-state index contributed by atoms with van der Waals surface area (Å²) in [6.45, 7) is 2.01. The summed E-state index contributed by atoms with van der Waals surface area (Å²) in [5.74, 6) is -1.22. The molecule has 5 nitrogen and oxygen atoms in total. The summed E-state index contributed by atoms with van der Waals surface area (Å²) in [5.41, 5.74) is 2.57. The van der Waals surface area contributed by atoms with E-state index in [1.165, 1.54) is 4.90 Å². The Kier molecular flexibility index (Phi) is 5.11. The number of aldehydes is 1. The Balaban J connectivity index is 2.20. The number of carbonyl (C=O) groups excluding carboxylic acids is 2. The average molecular weight is 313 g/mol. The number of aryl methyl sites for hydroxylation is 1. The fourth-order valence-corrected chi connectivity index (χ4v) is 2.56. The standard InChI is InChI=1S/C18H19NO4/c1-12-7-8-13(9-16(12)18(22)23)10-19(2)17(21)15-6-4-3-5-14(15)11-20/h4,6-9,11H,3,5,10H2,1-2H3,(H,22,23). The van der Waals surface area contributed by atoms with Crippen LogP contribution in [0.4, 0.5) is 0 Å². The van der Waals surface area contributed by atoms with E-state index in [0.717, 1.165) is 18.3 Å². The number of rotatable bonds is 5. The predicted octanol–water partition coefficient (Wildman–Crippen LogP) is 2.50. The Bertz CT molecular complexity index is 716. The van der Waals surface area contributed by atoms with Crippen molar-refractivity contribution in [3.63, 3.8) is 0 Å². The molecule has 0 fully saturated rings. The quantitative estimate of drug-likeness (QED) is 0.848. The van der Waals surface area contributed by atoms with Crippen molar-refractivity contribution in [2.75, 3.05) is 7.05 Å². The van der Waals surface area contributed by atoms with Crippen LogP contribution in [0, 0.1) is 6.92 Å². The highest BCUT2D eigenvalue weighted by Crippen LogP contribution is 2.20. The molecule has 0 bridgehead atoms. The summed E-state index contributed by atoms with van der Waals surface area (Å²) in [5, 5.41) is 9.17. The first-order chi connectivity index (χ1) is 10.9. The van der Waals surface area contributed by atoms with Crippen LogP contribution in [0.25, 0.3) is 0 Å². The van der Waals surface area contributed by atoms with Gasteiger partial charge in [0.1, 0.15) is 6.29 Å². The fraction of sp³-hybridized carbons (Fsp3) is 0.278. The van der Waals surface area contributed by atoms with Crippen molar-refractivity contribution < 1.29 is 19.5 Å². The number of hydrogen-bond acceptors (Lipinski definition) is 3. The van der Waals surface area contributed by atoms with E-state index < -0.39 is 5.97 Å². The van der Waals surface area contributed by atoms with Gasteiger partial charge in [0, 0.05) is 24.7 Å². The van der Waals surface area contributed by atoms with Crippen LogP contribution in [0.3, 0.4) is 0 Å². The van der Waals surface area contributed by atoms with Crippen LogP contribution in [-0.4, -0.2) is 35.2 Å². The molecule has 120 valence electrons. The van der Waals surface area contributed by atoms with Crippen molar-refractivity contribution in [1.82, 2.24) is 4.90 Å². The molecule has 5 heteroatoms. The van der Waals surface area contributed by atoms with Crippen LogP contribution in [0.5, 0.6) is 0 Å². The number of aromatic carboxylic acids is 1. The topological polar surface area (TPSA) is 74.7 Å². The lowest BCUT2D eigenvalue weighted by molar-refractivity contribution is -0.126. The minimum absolute atomic E-state index is 0.230. The molecular weight excluding hydrogens is 294 g/mol. The molecule has 0 spiro atoms. The van der Waals surface area contributed by atoms with Gasteiger partial charge in [-0.25, -0.2) is 4.79 Å². The van der Waals surface area contributed by atoms with E-state index >= 15 is 0 Å². The summed E-state index contributed by atoms with van der Waals surface area (Å²) < 4.78 is 0. The summed E-state index contributed by atoms with van der Waals surface area (Å²) in [6, 6.07) is 5.11. The first kappa shape index (κ1) is 16.7. The molecule has 1 amide bonds. The summed E-state index contributed by atoms with van der Waals surface area (Å²) in [4.78, 5) is 36.3. The van der Waals surface area contributed by atoms with E-state index in [2.05, 4.69) is 0 Å². The van der Waals surface area contributed by atoms with Gasteiger partial charge in [-0.2, -0.15) is 0 Å². The Labute approximate surface area is 134 Å². The number of nitrogens with zero attached hydrogens (tertiary/aromatic N) is 1. The van der Waals surface area contributed by atoms with Crippen LogP contribution in [0.2, 0.25) is 0 Å². The summed E-state index contributed by atoms with van der Waals surface area (Å²) in [6.07, 6.45) is 5.63. The highest BCUT2D eigenvalue weighted by Gasteiger charge is 2.19. The second kappa shape index (κ2) is 7.05. The lowest BCUT2D eigenvalue weighted by Gasteiger charge is -2.20. The van der Waals surface area contributed by atoms with Gasteiger partial charge in [0.2, 0.25) is 0 Å². The highest BCUT2D eigenvalue weighted by atomic mass is 16.4. The van der Waals surface area contributed by atoms with Crippen molar-refractivity contribution in [2.24, 2.45) is 0 Å². The summed E-state index contributed by atoms with van der Waals surface area (Å²) in [7, 11) is 1.64. The number of likely N-dealkylation sites (N-methyl/N-ethyl adjacent to an activating group) is 1. The third kappa shape index (κ3) is 3.74. The molecule has 1 aliphatic rings. The van der Waals surface area contributed by atoms with E-state index in [9.17, 15) is 14.4 Å². The van der Waals surface area contributed by atoms with Crippen molar-refractivity contribution in [1.29, 1.82) is 0 Å². The molecule has 0 aromatic heterocycles. The van der Waals surface area contributed by atoms with E-state index in [4.69, 9.17) is 5.11 Å². The molecule has 1 aromatic rings. The second-order valence-electron chi connectivity index (χ2n) is 5.61. The van der Waals surface area contributed by atoms with Crippen LogP contribution in [0.1, 0.15) is 34.3 Å². The third-order valence-electron chi connectivity index (χ3n) is 3.88. The van der Waals surface area contributed by atoms with Crippen LogP contribution < -0.4 is 0 Å². The van der Waals surface area contributed by atoms with Gasteiger partial charge in [0.25, 0.3) is 5.91 Å². The zero-order valence-electron chi connectivity index (χ0n) is 13.2. The Morgan fingerprint density at radius 1 is 1.35 bits per heavy atom. The van der Waals surface area contributed by atoms with Gasteiger partial charge in [-0.15, -0.1) is 0 Å². The maximum atomic E-state index is 12.5. The zero-order chi connectivity index (χ0) is 17.0. The monoisotopic (exact) mass is 313 g/mol. The molecule has 0 atom stereocenters. The Morgan fingerprint density at radius 3 is 2.74 bits per heavy atom. The van der Waals surface area contributed by atoms with Crippen LogP contribution in [0.15, 0.2) is 41.5 Å². The van der Waals surface area contributed by atoms with E-state index in [0.29, 0.717) is 23.1 Å². The molecule has 0 radical (unpaired) electrons. The molecule has 0 saturated carbocycles. The molecule has 1 aliphatic carbocycles. The average Bonchev–Trinajstić information content (AvgIpc) is 2.55. The minimum atomic E-state index is -0.987. The zero-order valence-corrected chi connectivity index (χ0v) is 13.2. The van der Waals surface area contributed by atoms with E-state index in [1.54, 1.807) is 38.2 Å². The lowest BCUT2D eigenvalue weighted by atomic mass is 9.97. The lowest BCUT2D eigenvalue weighted by Crippen LogP contribution is -2.28. The molecule has 0 unspecified atom stereocenters. The number of amides is 1. The van der Waals surface area contributed by atoms with Gasteiger partial charge in [0.15, 0.2) is 0 Å². The number of benzene rings is 1. The number of carboxylic acids is 1. The molecule has 1 N–H and O–H groups in total. The van der Waals surface area contributed by atoms with Gasteiger partial charge < -0.3 is 10.0 Å². The molecule has 0 aliphatic heterocycles. The Morgan fingerprint density at radius 2 is 2.09 bits per heavy atom. The van der Waals surface area contributed by atoms with Crippen molar-refractivity contribution in [2.45, 2.75) is 26.3 Å².